The molecule has 2 aromatic carbocycles. The SMILES string of the molecule is O=C(CSCSCC(=O)Nc1ccc(S(=O)(=O)Nc2ncccn2)cc1)Nc1ccc(S(=O)(=O)Nc2ncccn2)cc1. The zero-order valence-corrected chi connectivity index (χ0v) is 25.3. The number of carbonyl (C=O) groups is 2. The molecule has 43 heavy (non-hydrogen) atoms. The monoisotopic (exact) mass is 660 g/mol. The Hall–Kier alpha value is -4.26. The first kappa shape index (κ1) is 31.7. The Bertz CT molecular complexity index is 1610. The number of aromatic nitrogens is 4. The number of carbonyl (C=O) groups excluding carboxylic acids is 2. The fraction of sp³-hybridized carbons (Fsp3) is 0.120. The lowest BCUT2D eigenvalue weighted by atomic mass is 10.3. The van der Waals surface area contributed by atoms with E-state index in [1.165, 1.54) is 96.8 Å². The quantitative estimate of drug-likeness (QED) is 0.114. The topological polar surface area (TPSA) is 202 Å². The molecule has 0 radical (unpaired) electrons. The molecule has 0 saturated carbocycles. The van der Waals surface area contributed by atoms with Gasteiger partial charge in [-0.1, -0.05) is 0 Å². The smallest absolute Gasteiger partial charge is 0.264 e. The lowest BCUT2D eigenvalue weighted by molar-refractivity contribution is -0.114. The molecule has 0 aliphatic rings. The fourth-order valence-corrected chi connectivity index (χ4v) is 6.79. The Morgan fingerprint density at radius 1 is 0.581 bits per heavy atom. The number of nitrogens with one attached hydrogen (secondary N) is 4. The van der Waals surface area contributed by atoms with E-state index in [1.807, 2.05) is 0 Å². The summed E-state index contributed by atoms with van der Waals surface area (Å²) in [5, 5.41) is 5.85. The number of amides is 2. The van der Waals surface area contributed by atoms with Gasteiger partial charge in [-0.2, -0.15) is 0 Å². The predicted octanol–water partition coefficient (Wildman–Crippen LogP) is 2.87. The minimum Gasteiger partial charge on any atom is -0.325 e. The first-order valence-electron chi connectivity index (χ1n) is 12.2. The van der Waals surface area contributed by atoms with Gasteiger partial charge in [0.15, 0.2) is 0 Å². The maximum absolute atomic E-state index is 12.5. The molecule has 4 N–H and O–H groups in total. The first-order chi connectivity index (χ1) is 20.6. The van der Waals surface area contributed by atoms with Gasteiger partial charge in [-0.05, 0) is 60.7 Å². The lowest BCUT2D eigenvalue weighted by Crippen LogP contribution is -2.17. The second-order valence-corrected chi connectivity index (χ2v) is 14.0. The molecule has 0 aliphatic heterocycles. The van der Waals surface area contributed by atoms with Crippen LogP contribution in [0.1, 0.15) is 0 Å². The van der Waals surface area contributed by atoms with Gasteiger partial charge in [0, 0.05) is 41.2 Å². The van der Waals surface area contributed by atoms with Gasteiger partial charge in [-0.25, -0.2) is 46.2 Å². The van der Waals surface area contributed by atoms with Gasteiger partial charge in [0.05, 0.1) is 21.3 Å². The minimum absolute atomic E-state index is 0.0156. The summed E-state index contributed by atoms with van der Waals surface area (Å²) in [4.78, 5) is 39.8. The van der Waals surface area contributed by atoms with Crippen molar-refractivity contribution in [3.8, 4) is 0 Å². The molecule has 18 heteroatoms. The molecule has 0 aliphatic carbocycles. The molecular weight excluding hydrogens is 637 g/mol. The number of sulfonamides is 2. The molecule has 2 amide bonds. The molecule has 14 nitrogen and oxygen atoms in total. The Morgan fingerprint density at radius 2 is 0.930 bits per heavy atom. The predicted molar refractivity (Wildman–Crippen MR) is 166 cm³/mol. The van der Waals surface area contributed by atoms with Crippen LogP contribution in [0.4, 0.5) is 23.3 Å². The third kappa shape index (κ3) is 9.91. The molecule has 4 aromatic rings. The van der Waals surface area contributed by atoms with E-state index >= 15 is 0 Å². The number of nitrogens with zero attached hydrogens (tertiary/aromatic N) is 4. The molecule has 4 rings (SSSR count). The molecule has 0 atom stereocenters. The van der Waals surface area contributed by atoms with Crippen molar-refractivity contribution in [2.45, 2.75) is 9.79 Å². The number of anilines is 4. The van der Waals surface area contributed by atoms with Gasteiger partial charge < -0.3 is 10.6 Å². The number of thioether (sulfide) groups is 2. The summed E-state index contributed by atoms with van der Waals surface area (Å²) in [6.07, 6.45) is 5.65. The third-order valence-corrected chi connectivity index (χ3v) is 10.1. The van der Waals surface area contributed by atoms with Crippen LogP contribution >= 0.6 is 23.5 Å². The summed E-state index contributed by atoms with van der Waals surface area (Å²) in [5.41, 5.74) is 0.853. The van der Waals surface area contributed by atoms with E-state index in [2.05, 4.69) is 40.0 Å². The molecule has 0 fully saturated rings. The average Bonchev–Trinajstić information content (AvgIpc) is 2.98. The van der Waals surface area contributed by atoms with E-state index in [-0.39, 0.29) is 45.0 Å². The van der Waals surface area contributed by atoms with Crippen molar-refractivity contribution in [2.75, 3.05) is 36.7 Å². The first-order valence-corrected chi connectivity index (χ1v) is 17.4. The van der Waals surface area contributed by atoms with Crippen molar-refractivity contribution in [1.82, 2.24) is 19.9 Å². The summed E-state index contributed by atoms with van der Waals surface area (Å²) < 4.78 is 54.4. The van der Waals surface area contributed by atoms with Crippen LogP contribution in [-0.2, 0) is 29.6 Å². The van der Waals surface area contributed by atoms with Crippen molar-refractivity contribution in [1.29, 1.82) is 0 Å². The number of rotatable bonds is 14. The van der Waals surface area contributed by atoms with Crippen LogP contribution in [0.25, 0.3) is 0 Å². The highest BCUT2D eigenvalue weighted by atomic mass is 32.2. The normalized spacial score (nSPS) is 11.3. The molecule has 224 valence electrons. The lowest BCUT2D eigenvalue weighted by Gasteiger charge is -2.09. The largest absolute Gasteiger partial charge is 0.325 e. The molecule has 2 aromatic heterocycles. The number of hydrogen-bond acceptors (Lipinski definition) is 12. The van der Waals surface area contributed by atoms with Crippen LogP contribution < -0.4 is 20.1 Å². The average molecular weight is 661 g/mol. The third-order valence-electron chi connectivity index (χ3n) is 5.11. The van der Waals surface area contributed by atoms with Crippen molar-refractivity contribution < 1.29 is 26.4 Å². The highest BCUT2D eigenvalue weighted by Crippen LogP contribution is 2.19. The molecular formula is C25H24N8O6S4. The van der Waals surface area contributed by atoms with Crippen molar-refractivity contribution in [3.63, 3.8) is 0 Å². The number of hydrogen-bond donors (Lipinski definition) is 4. The number of benzene rings is 2. The molecule has 2 heterocycles. The van der Waals surface area contributed by atoms with Gasteiger partial charge in [0.25, 0.3) is 20.0 Å². The molecule has 0 saturated heterocycles. The Labute approximate surface area is 256 Å². The van der Waals surface area contributed by atoms with Gasteiger partial charge >= 0.3 is 0 Å². The summed E-state index contributed by atoms with van der Waals surface area (Å²) in [7, 11) is -7.77. The van der Waals surface area contributed by atoms with Crippen molar-refractivity contribution in [3.05, 3.63) is 85.5 Å². The second-order valence-electron chi connectivity index (χ2n) is 8.32. The van der Waals surface area contributed by atoms with E-state index in [1.54, 1.807) is 12.1 Å². The zero-order valence-electron chi connectivity index (χ0n) is 22.1. The molecule has 0 spiro atoms. The molecule has 0 unspecified atom stereocenters. The Balaban J connectivity index is 1.14. The van der Waals surface area contributed by atoms with E-state index in [0.29, 0.717) is 16.5 Å². The van der Waals surface area contributed by atoms with Crippen LogP contribution in [-0.4, -0.2) is 65.2 Å². The Kier molecular flexibility index (Phi) is 10.9. The van der Waals surface area contributed by atoms with Crippen LogP contribution in [0.5, 0.6) is 0 Å². The maximum atomic E-state index is 12.5. The van der Waals surface area contributed by atoms with Gasteiger partial charge in [0.2, 0.25) is 23.7 Å². The fourth-order valence-electron chi connectivity index (χ4n) is 3.22. The second kappa shape index (κ2) is 14.8. The summed E-state index contributed by atoms with van der Waals surface area (Å²) >= 11 is 2.62. The zero-order chi connectivity index (χ0) is 30.7. The van der Waals surface area contributed by atoms with Gasteiger partial charge in [-0.3, -0.25) is 9.59 Å². The Morgan fingerprint density at radius 3 is 1.28 bits per heavy atom. The van der Waals surface area contributed by atoms with Crippen LogP contribution in [0, 0.1) is 0 Å². The van der Waals surface area contributed by atoms with Crippen LogP contribution in [0.15, 0.2) is 95.2 Å². The summed E-state index contributed by atoms with van der Waals surface area (Å²) in [6.45, 7) is 0. The van der Waals surface area contributed by atoms with E-state index < -0.39 is 20.0 Å². The van der Waals surface area contributed by atoms with E-state index in [9.17, 15) is 26.4 Å². The highest BCUT2D eigenvalue weighted by molar-refractivity contribution is 8.16. The summed E-state index contributed by atoms with van der Waals surface area (Å²) in [5.74, 6) is -0.431. The standard InChI is InChI=1S/C25H24N8O6S4/c34-22(30-18-3-7-20(8-4-18)42(36,37)32-24-26-11-1-12-27-24)15-40-17-41-16-23(35)31-19-5-9-21(10-6-19)43(38,39)33-25-28-13-2-14-29-25/h1-14H,15-17H2,(H,30,34)(H,31,35)(H,26,27,32)(H,28,29,33). The van der Waals surface area contributed by atoms with E-state index in [0.717, 1.165) is 0 Å². The van der Waals surface area contributed by atoms with Crippen molar-refractivity contribution in [2.24, 2.45) is 0 Å². The van der Waals surface area contributed by atoms with Crippen molar-refractivity contribution >= 4 is 78.7 Å². The summed E-state index contributed by atoms with van der Waals surface area (Å²) in [6, 6.07) is 14.4. The van der Waals surface area contributed by atoms with Gasteiger partial charge in [0.1, 0.15) is 0 Å². The highest BCUT2D eigenvalue weighted by Gasteiger charge is 2.17. The van der Waals surface area contributed by atoms with Crippen LogP contribution in [0.3, 0.4) is 0 Å². The van der Waals surface area contributed by atoms with E-state index in [4.69, 9.17) is 0 Å². The van der Waals surface area contributed by atoms with Crippen LogP contribution in [0.2, 0.25) is 0 Å². The minimum atomic E-state index is -3.88. The van der Waals surface area contributed by atoms with Gasteiger partial charge in [-0.15, -0.1) is 23.5 Å². The molecule has 0 bridgehead atoms. The maximum Gasteiger partial charge on any atom is 0.264 e.